The highest BCUT2D eigenvalue weighted by molar-refractivity contribution is 8.13. The molecule has 6 heteroatoms. The lowest BCUT2D eigenvalue weighted by atomic mass is 10.1. The van der Waals surface area contributed by atoms with Crippen molar-refractivity contribution < 1.29 is 17.9 Å². The third kappa shape index (κ3) is 5.31. The van der Waals surface area contributed by atoms with Crippen molar-refractivity contribution in [3.05, 3.63) is 23.3 Å². The molecule has 0 saturated heterocycles. The van der Waals surface area contributed by atoms with Gasteiger partial charge in [0.25, 0.3) is 9.05 Å². The molecule has 0 fully saturated rings. The van der Waals surface area contributed by atoms with Crippen LogP contribution >= 0.6 is 10.7 Å². The van der Waals surface area contributed by atoms with E-state index < -0.39 is 9.05 Å². The Hall–Kier alpha value is -0.780. The molecule has 0 N–H and O–H groups in total. The monoisotopic (exact) mass is 320 g/mol. The molecular formula is C14H21ClO4S. The molecule has 0 radical (unpaired) electrons. The highest BCUT2D eigenvalue weighted by Crippen LogP contribution is 2.28. The minimum absolute atomic E-state index is 0.0950. The van der Waals surface area contributed by atoms with Gasteiger partial charge in [-0.1, -0.05) is 13.8 Å². The van der Waals surface area contributed by atoms with E-state index in [4.69, 9.17) is 20.2 Å². The molecule has 1 aromatic carbocycles. The van der Waals surface area contributed by atoms with Gasteiger partial charge in [0, 0.05) is 17.3 Å². The number of aryl methyl sites for hydroxylation is 2. The number of hydrogen-bond acceptors (Lipinski definition) is 4. The van der Waals surface area contributed by atoms with Crippen molar-refractivity contribution in [3.8, 4) is 5.75 Å². The van der Waals surface area contributed by atoms with Crippen molar-refractivity contribution in [2.24, 2.45) is 5.92 Å². The molecule has 0 saturated carbocycles. The van der Waals surface area contributed by atoms with Gasteiger partial charge >= 0.3 is 0 Å². The van der Waals surface area contributed by atoms with Crippen molar-refractivity contribution in [1.29, 1.82) is 0 Å². The summed E-state index contributed by atoms with van der Waals surface area (Å²) in [5, 5.41) is 0. The molecule has 0 aromatic heterocycles. The van der Waals surface area contributed by atoms with Crippen LogP contribution in [0.4, 0.5) is 0 Å². The fraction of sp³-hybridized carbons (Fsp3) is 0.571. The van der Waals surface area contributed by atoms with Crippen molar-refractivity contribution in [2.75, 3.05) is 19.8 Å². The summed E-state index contributed by atoms with van der Waals surface area (Å²) in [5.41, 5.74) is 1.49. The summed E-state index contributed by atoms with van der Waals surface area (Å²) in [4.78, 5) is 0.0950. The Balaban J connectivity index is 2.68. The van der Waals surface area contributed by atoms with Crippen LogP contribution in [0.15, 0.2) is 17.0 Å². The van der Waals surface area contributed by atoms with Crippen molar-refractivity contribution >= 4 is 19.7 Å². The van der Waals surface area contributed by atoms with Crippen LogP contribution in [0.3, 0.4) is 0 Å². The van der Waals surface area contributed by atoms with E-state index >= 15 is 0 Å². The molecular weight excluding hydrogens is 300 g/mol. The highest BCUT2D eigenvalue weighted by Gasteiger charge is 2.14. The van der Waals surface area contributed by atoms with Gasteiger partial charge in [0.2, 0.25) is 0 Å². The van der Waals surface area contributed by atoms with Crippen LogP contribution in [0.1, 0.15) is 25.0 Å². The van der Waals surface area contributed by atoms with Gasteiger partial charge in [-0.2, -0.15) is 0 Å². The summed E-state index contributed by atoms with van der Waals surface area (Å²) < 4.78 is 33.7. The largest absolute Gasteiger partial charge is 0.491 e. The zero-order valence-electron chi connectivity index (χ0n) is 12.3. The van der Waals surface area contributed by atoms with E-state index in [1.807, 2.05) is 0 Å². The van der Waals surface area contributed by atoms with Crippen LogP contribution in [-0.4, -0.2) is 28.2 Å². The first-order valence-electron chi connectivity index (χ1n) is 6.48. The summed E-state index contributed by atoms with van der Waals surface area (Å²) in [6.07, 6.45) is 0. The second-order valence-corrected chi connectivity index (χ2v) is 7.71. The number of halogens is 1. The predicted molar refractivity (Wildman–Crippen MR) is 80.1 cm³/mol. The summed E-state index contributed by atoms with van der Waals surface area (Å²) in [6.45, 7) is 9.39. The second-order valence-electron chi connectivity index (χ2n) is 5.14. The molecule has 20 heavy (non-hydrogen) atoms. The molecule has 0 spiro atoms. The third-order valence-electron chi connectivity index (χ3n) is 2.64. The SMILES string of the molecule is Cc1cc(S(=O)(=O)Cl)cc(C)c1OCCOCC(C)C. The molecule has 0 aliphatic rings. The zero-order valence-corrected chi connectivity index (χ0v) is 13.8. The van der Waals surface area contributed by atoms with Crippen LogP contribution in [0.25, 0.3) is 0 Å². The first-order valence-corrected chi connectivity index (χ1v) is 8.79. The van der Waals surface area contributed by atoms with Crippen molar-refractivity contribution in [1.82, 2.24) is 0 Å². The Labute approximate surface area is 125 Å². The van der Waals surface area contributed by atoms with Gasteiger partial charge in [0.05, 0.1) is 11.5 Å². The number of benzene rings is 1. The highest BCUT2D eigenvalue weighted by atomic mass is 35.7. The summed E-state index contributed by atoms with van der Waals surface area (Å²) in [5.74, 6) is 1.17. The lowest BCUT2D eigenvalue weighted by molar-refractivity contribution is 0.0815. The third-order valence-corrected chi connectivity index (χ3v) is 3.97. The summed E-state index contributed by atoms with van der Waals surface area (Å²) in [7, 11) is 1.63. The summed E-state index contributed by atoms with van der Waals surface area (Å²) >= 11 is 0. The lowest BCUT2D eigenvalue weighted by Crippen LogP contribution is -2.11. The van der Waals surface area contributed by atoms with Gasteiger partial charge in [-0.3, -0.25) is 0 Å². The van der Waals surface area contributed by atoms with E-state index in [-0.39, 0.29) is 4.90 Å². The molecule has 4 nitrogen and oxygen atoms in total. The van der Waals surface area contributed by atoms with E-state index in [9.17, 15) is 8.42 Å². The number of rotatable bonds is 7. The molecule has 0 atom stereocenters. The Morgan fingerprint density at radius 3 is 2.15 bits per heavy atom. The predicted octanol–water partition coefficient (Wildman–Crippen LogP) is 3.28. The van der Waals surface area contributed by atoms with Crippen LogP contribution < -0.4 is 4.74 Å². The van der Waals surface area contributed by atoms with Gasteiger partial charge in [0.1, 0.15) is 12.4 Å². The maximum atomic E-state index is 11.3. The van der Waals surface area contributed by atoms with E-state index in [2.05, 4.69) is 13.8 Å². The number of ether oxygens (including phenoxy) is 2. The molecule has 114 valence electrons. The average Bonchev–Trinajstić information content (AvgIpc) is 2.29. The second kappa shape index (κ2) is 7.29. The molecule has 0 aliphatic heterocycles. The van der Waals surface area contributed by atoms with Gasteiger partial charge in [-0.15, -0.1) is 0 Å². The maximum absolute atomic E-state index is 11.3. The number of hydrogen-bond donors (Lipinski definition) is 0. The topological polar surface area (TPSA) is 52.6 Å². The van der Waals surface area contributed by atoms with Crippen LogP contribution in [0.5, 0.6) is 5.75 Å². The van der Waals surface area contributed by atoms with Gasteiger partial charge in [-0.25, -0.2) is 8.42 Å². The van der Waals surface area contributed by atoms with Crippen molar-refractivity contribution in [3.63, 3.8) is 0 Å². The first-order chi connectivity index (χ1) is 9.21. The Kier molecular flexibility index (Phi) is 6.30. The molecule has 0 heterocycles. The maximum Gasteiger partial charge on any atom is 0.261 e. The Morgan fingerprint density at radius 1 is 1.15 bits per heavy atom. The minimum Gasteiger partial charge on any atom is -0.491 e. The molecule has 1 rings (SSSR count). The minimum atomic E-state index is -3.71. The van der Waals surface area contributed by atoms with E-state index in [1.165, 1.54) is 12.1 Å². The van der Waals surface area contributed by atoms with Crippen LogP contribution in [0, 0.1) is 19.8 Å². The molecule has 0 amide bonds. The van der Waals surface area contributed by atoms with E-state index in [0.717, 1.165) is 11.1 Å². The van der Waals surface area contributed by atoms with Gasteiger partial charge < -0.3 is 9.47 Å². The smallest absolute Gasteiger partial charge is 0.261 e. The molecule has 0 unspecified atom stereocenters. The standard InChI is InChI=1S/C14H21ClO4S/c1-10(2)9-18-5-6-19-14-11(3)7-13(8-12(14)4)20(15,16)17/h7-8,10H,5-6,9H2,1-4H3. The van der Waals surface area contributed by atoms with E-state index in [1.54, 1.807) is 13.8 Å². The fourth-order valence-corrected chi connectivity index (χ4v) is 2.70. The quantitative estimate of drug-likeness (QED) is 0.571. The average molecular weight is 321 g/mol. The van der Waals surface area contributed by atoms with Crippen molar-refractivity contribution in [2.45, 2.75) is 32.6 Å². The molecule has 1 aromatic rings. The molecule has 0 aliphatic carbocycles. The first kappa shape index (κ1) is 17.3. The fourth-order valence-electron chi connectivity index (χ4n) is 1.80. The molecule has 0 bridgehead atoms. The van der Waals surface area contributed by atoms with Gasteiger partial charge in [0.15, 0.2) is 0 Å². The van der Waals surface area contributed by atoms with Crippen LogP contribution in [-0.2, 0) is 13.8 Å². The van der Waals surface area contributed by atoms with E-state index in [0.29, 0.717) is 31.5 Å². The van der Waals surface area contributed by atoms with Crippen LogP contribution in [0.2, 0.25) is 0 Å². The summed E-state index contributed by atoms with van der Waals surface area (Å²) in [6, 6.07) is 3.03. The Morgan fingerprint density at radius 2 is 1.70 bits per heavy atom. The Bertz CT molecular complexity index is 529. The van der Waals surface area contributed by atoms with Gasteiger partial charge in [-0.05, 0) is 43.0 Å². The zero-order chi connectivity index (χ0) is 15.3. The lowest BCUT2D eigenvalue weighted by Gasteiger charge is -2.14. The normalized spacial score (nSPS) is 11.9.